The highest BCUT2D eigenvalue weighted by Gasteiger charge is 2.11. The summed E-state index contributed by atoms with van der Waals surface area (Å²) in [6.07, 6.45) is 1.58. The second-order valence-electron chi connectivity index (χ2n) is 5.54. The van der Waals surface area contributed by atoms with Crippen LogP contribution in [-0.4, -0.2) is 21.6 Å². The summed E-state index contributed by atoms with van der Waals surface area (Å²) >= 11 is 1.53. The van der Waals surface area contributed by atoms with Crippen molar-refractivity contribution in [2.24, 2.45) is 0 Å². The molecule has 0 fully saturated rings. The normalized spacial score (nSPS) is 10.9. The van der Waals surface area contributed by atoms with Crippen molar-refractivity contribution in [1.29, 1.82) is 0 Å². The van der Waals surface area contributed by atoms with E-state index in [1.165, 1.54) is 11.3 Å². The van der Waals surface area contributed by atoms with Crippen LogP contribution in [0.25, 0.3) is 21.5 Å². The van der Waals surface area contributed by atoms with Gasteiger partial charge in [0.05, 0.1) is 42.1 Å². The van der Waals surface area contributed by atoms with Crippen LogP contribution >= 0.6 is 11.3 Å². The van der Waals surface area contributed by atoms with Gasteiger partial charge in [0, 0.05) is 5.38 Å². The number of rotatable bonds is 4. The Morgan fingerprint density at radius 1 is 1.12 bits per heavy atom. The number of nitrogens with zero attached hydrogens (tertiary/aromatic N) is 3. The van der Waals surface area contributed by atoms with Gasteiger partial charge in [0.2, 0.25) is 0 Å². The van der Waals surface area contributed by atoms with Crippen LogP contribution in [0.4, 0.5) is 0 Å². The van der Waals surface area contributed by atoms with E-state index in [0.29, 0.717) is 17.4 Å². The van der Waals surface area contributed by atoms with Crippen LogP contribution in [-0.2, 0) is 6.54 Å². The summed E-state index contributed by atoms with van der Waals surface area (Å²) in [7, 11) is 1.65. The minimum atomic E-state index is -0.0579. The Kier molecular flexibility index (Phi) is 4.03. The number of para-hydroxylation sites is 2. The van der Waals surface area contributed by atoms with Crippen molar-refractivity contribution in [3.63, 3.8) is 0 Å². The molecule has 0 atom stereocenters. The van der Waals surface area contributed by atoms with E-state index in [-0.39, 0.29) is 5.56 Å². The quantitative estimate of drug-likeness (QED) is 0.565. The molecule has 2 aromatic carbocycles. The van der Waals surface area contributed by atoms with Gasteiger partial charge in [-0.25, -0.2) is 9.97 Å². The first-order valence-electron chi connectivity index (χ1n) is 7.78. The van der Waals surface area contributed by atoms with Crippen molar-refractivity contribution < 1.29 is 4.74 Å². The fraction of sp³-hybridized carbons (Fsp3) is 0.105. The average Bonchev–Trinajstić information content (AvgIpc) is 3.12. The van der Waals surface area contributed by atoms with E-state index in [4.69, 9.17) is 4.74 Å². The summed E-state index contributed by atoms with van der Waals surface area (Å²) in [5, 5.41) is 3.45. The number of fused-ring (bicyclic) bond motifs is 1. The standard InChI is InChI=1S/C19H15N3O2S/c1-24-17-9-5-3-7-15(17)18-21-13(11-25-18)10-22-12-20-16-8-4-2-6-14(16)19(22)23/h2-9,11-12H,10H2,1H3. The molecule has 2 aromatic heterocycles. The van der Waals surface area contributed by atoms with E-state index in [0.717, 1.165) is 22.0 Å². The van der Waals surface area contributed by atoms with Crippen LogP contribution in [0, 0.1) is 0 Å². The number of thiazole rings is 1. The molecule has 0 aliphatic heterocycles. The lowest BCUT2D eigenvalue weighted by Gasteiger charge is -2.05. The predicted molar refractivity (Wildman–Crippen MR) is 99.2 cm³/mol. The SMILES string of the molecule is COc1ccccc1-c1nc(Cn2cnc3ccccc3c2=O)cs1. The first kappa shape index (κ1) is 15.5. The molecular weight excluding hydrogens is 334 g/mol. The first-order chi connectivity index (χ1) is 12.3. The van der Waals surface area contributed by atoms with Gasteiger partial charge in [0.1, 0.15) is 10.8 Å². The van der Waals surface area contributed by atoms with Crippen LogP contribution in [0.1, 0.15) is 5.69 Å². The van der Waals surface area contributed by atoms with E-state index in [1.807, 2.05) is 47.8 Å². The molecular formula is C19H15N3O2S. The Bertz CT molecular complexity index is 1100. The number of hydrogen-bond donors (Lipinski definition) is 0. The number of hydrogen-bond acceptors (Lipinski definition) is 5. The van der Waals surface area contributed by atoms with Crippen molar-refractivity contribution in [3.05, 3.63) is 76.3 Å². The number of aromatic nitrogens is 3. The van der Waals surface area contributed by atoms with Crippen molar-refractivity contribution in [2.75, 3.05) is 7.11 Å². The van der Waals surface area contributed by atoms with E-state index in [2.05, 4.69) is 9.97 Å². The van der Waals surface area contributed by atoms with E-state index in [1.54, 1.807) is 24.1 Å². The Balaban J connectivity index is 1.68. The molecule has 6 heteroatoms. The van der Waals surface area contributed by atoms with Crippen molar-refractivity contribution >= 4 is 22.2 Å². The van der Waals surface area contributed by atoms with Gasteiger partial charge in [0.25, 0.3) is 5.56 Å². The molecule has 0 N–H and O–H groups in total. The largest absolute Gasteiger partial charge is 0.496 e. The summed E-state index contributed by atoms with van der Waals surface area (Å²) in [6.45, 7) is 0.391. The lowest BCUT2D eigenvalue weighted by atomic mass is 10.2. The third kappa shape index (κ3) is 2.92. The summed E-state index contributed by atoms with van der Waals surface area (Å²) in [5.74, 6) is 0.785. The molecule has 0 bridgehead atoms. The van der Waals surface area contributed by atoms with Crippen LogP contribution in [0.2, 0.25) is 0 Å². The number of benzene rings is 2. The van der Waals surface area contributed by atoms with Crippen molar-refractivity contribution in [3.8, 4) is 16.3 Å². The van der Waals surface area contributed by atoms with E-state index < -0.39 is 0 Å². The highest BCUT2D eigenvalue weighted by molar-refractivity contribution is 7.13. The van der Waals surface area contributed by atoms with Gasteiger partial charge in [-0.05, 0) is 24.3 Å². The summed E-state index contributed by atoms with van der Waals surface area (Å²) in [5.41, 5.74) is 2.42. The van der Waals surface area contributed by atoms with Crippen molar-refractivity contribution in [1.82, 2.24) is 14.5 Å². The number of methoxy groups -OCH3 is 1. The summed E-state index contributed by atoms with van der Waals surface area (Å²) < 4.78 is 6.98. The van der Waals surface area contributed by atoms with Crippen LogP contribution < -0.4 is 10.3 Å². The Hall–Kier alpha value is -2.99. The smallest absolute Gasteiger partial charge is 0.261 e. The second-order valence-corrected chi connectivity index (χ2v) is 6.40. The summed E-state index contributed by atoms with van der Waals surface area (Å²) in [6, 6.07) is 15.1. The molecule has 0 aliphatic carbocycles. The fourth-order valence-electron chi connectivity index (χ4n) is 2.72. The van der Waals surface area contributed by atoms with Gasteiger partial charge in [0.15, 0.2) is 0 Å². The van der Waals surface area contributed by atoms with Gasteiger partial charge < -0.3 is 4.74 Å². The Labute approximate surface area is 148 Å². The first-order valence-corrected chi connectivity index (χ1v) is 8.66. The molecule has 0 amide bonds. The minimum absolute atomic E-state index is 0.0579. The maximum atomic E-state index is 12.6. The van der Waals surface area contributed by atoms with Crippen LogP contribution in [0.5, 0.6) is 5.75 Å². The third-order valence-corrected chi connectivity index (χ3v) is 4.88. The zero-order chi connectivity index (χ0) is 17.2. The molecule has 0 saturated heterocycles. The molecule has 0 aliphatic rings. The Morgan fingerprint density at radius 3 is 2.80 bits per heavy atom. The summed E-state index contributed by atoms with van der Waals surface area (Å²) in [4.78, 5) is 21.6. The molecule has 0 unspecified atom stereocenters. The monoisotopic (exact) mass is 349 g/mol. The average molecular weight is 349 g/mol. The molecule has 5 nitrogen and oxygen atoms in total. The topological polar surface area (TPSA) is 57.0 Å². The molecule has 4 rings (SSSR count). The van der Waals surface area contributed by atoms with Gasteiger partial charge in [-0.1, -0.05) is 24.3 Å². The molecule has 2 heterocycles. The molecule has 0 saturated carbocycles. The van der Waals surface area contributed by atoms with Gasteiger partial charge in [-0.3, -0.25) is 9.36 Å². The van der Waals surface area contributed by atoms with Crippen LogP contribution in [0.15, 0.2) is 65.0 Å². The second kappa shape index (κ2) is 6.49. The molecule has 124 valence electrons. The fourth-order valence-corrected chi connectivity index (χ4v) is 3.56. The van der Waals surface area contributed by atoms with Gasteiger partial charge in [-0.2, -0.15) is 0 Å². The molecule has 25 heavy (non-hydrogen) atoms. The zero-order valence-corrected chi connectivity index (χ0v) is 14.4. The van der Waals surface area contributed by atoms with Crippen LogP contribution in [0.3, 0.4) is 0 Å². The predicted octanol–water partition coefficient (Wildman–Crippen LogP) is 3.58. The van der Waals surface area contributed by atoms with Gasteiger partial charge in [-0.15, -0.1) is 11.3 Å². The highest BCUT2D eigenvalue weighted by Crippen LogP contribution is 2.31. The zero-order valence-electron chi connectivity index (χ0n) is 13.5. The molecule has 0 spiro atoms. The lowest BCUT2D eigenvalue weighted by molar-refractivity contribution is 0.416. The lowest BCUT2D eigenvalue weighted by Crippen LogP contribution is -2.21. The highest BCUT2D eigenvalue weighted by atomic mass is 32.1. The van der Waals surface area contributed by atoms with Gasteiger partial charge >= 0.3 is 0 Å². The Morgan fingerprint density at radius 2 is 1.92 bits per heavy atom. The minimum Gasteiger partial charge on any atom is -0.496 e. The maximum Gasteiger partial charge on any atom is 0.261 e. The van der Waals surface area contributed by atoms with E-state index >= 15 is 0 Å². The van der Waals surface area contributed by atoms with Crippen molar-refractivity contribution in [2.45, 2.75) is 6.54 Å². The number of ether oxygens (including phenoxy) is 1. The third-order valence-electron chi connectivity index (χ3n) is 3.95. The maximum absolute atomic E-state index is 12.6. The molecule has 0 radical (unpaired) electrons. The van der Waals surface area contributed by atoms with E-state index in [9.17, 15) is 4.79 Å². The molecule has 4 aromatic rings.